The number of anilines is 1. The van der Waals surface area contributed by atoms with Gasteiger partial charge in [0.25, 0.3) is 17.2 Å². The first-order valence-electron chi connectivity index (χ1n) is 9.96. The van der Waals surface area contributed by atoms with E-state index in [1.54, 1.807) is 29.1 Å². The molecule has 2 N–H and O–H groups in total. The first-order chi connectivity index (χ1) is 14.1. The number of nitrogens with one attached hydrogen (secondary N) is 1. The van der Waals surface area contributed by atoms with Crippen molar-refractivity contribution in [3.8, 4) is 11.7 Å². The zero-order chi connectivity index (χ0) is 22.1. The maximum Gasteiger partial charge on any atom is 0.268 e. The van der Waals surface area contributed by atoms with Gasteiger partial charge in [-0.25, -0.2) is 18.6 Å². The molecular formula is C20H29N5O4S. The molecule has 1 aliphatic rings. The van der Waals surface area contributed by atoms with E-state index < -0.39 is 17.2 Å². The largest absolute Gasteiger partial charge is 0.476 e. The third kappa shape index (κ3) is 4.99. The number of aromatic nitrogens is 3. The van der Waals surface area contributed by atoms with Gasteiger partial charge in [0, 0.05) is 24.3 Å². The van der Waals surface area contributed by atoms with Crippen molar-refractivity contribution < 1.29 is 18.3 Å². The van der Waals surface area contributed by atoms with E-state index >= 15 is 0 Å². The fraction of sp³-hybridized carbons (Fsp3) is 0.550. The molecule has 1 saturated heterocycles. The van der Waals surface area contributed by atoms with Crippen LogP contribution in [-0.2, 0) is 11.3 Å². The predicted octanol–water partition coefficient (Wildman–Crippen LogP) is 2.79. The van der Waals surface area contributed by atoms with Gasteiger partial charge in [0.05, 0.1) is 12.2 Å². The van der Waals surface area contributed by atoms with Crippen molar-refractivity contribution >= 4 is 23.0 Å². The fourth-order valence-electron chi connectivity index (χ4n) is 3.81. The van der Waals surface area contributed by atoms with Crippen molar-refractivity contribution in [3.05, 3.63) is 30.0 Å². The first kappa shape index (κ1) is 22.2. The molecule has 1 unspecified atom stereocenters. The smallest absolute Gasteiger partial charge is 0.268 e. The molecule has 0 saturated carbocycles. The van der Waals surface area contributed by atoms with Crippen molar-refractivity contribution in [2.45, 2.75) is 46.6 Å². The molecule has 10 heteroatoms. The van der Waals surface area contributed by atoms with Gasteiger partial charge >= 0.3 is 0 Å². The highest BCUT2D eigenvalue weighted by atomic mass is 32.2. The summed E-state index contributed by atoms with van der Waals surface area (Å²) in [5.74, 6) is 1.65. The molecule has 2 aromatic rings. The standard InChI is InChI=1S/C20H29N5O4S/c1-13(2)12-29-17-8-9-25(22-17)16-7-6-15(19(26)23-30(27)28)18(21-16)24-11-14(3)10-20(24,4)5/h6-9,13-14H,10-12H2,1-5H3,(H,23,26)(H,27,28)/t14-/m0/s1. The number of hydrogen-bond acceptors (Lipinski definition) is 6. The molecular weight excluding hydrogens is 406 g/mol. The number of pyridine rings is 1. The summed E-state index contributed by atoms with van der Waals surface area (Å²) in [6, 6.07) is 5.03. The normalized spacial score (nSPS) is 19.2. The molecule has 30 heavy (non-hydrogen) atoms. The zero-order valence-corrected chi connectivity index (χ0v) is 18.8. The Morgan fingerprint density at radius 1 is 1.40 bits per heavy atom. The highest BCUT2D eigenvalue weighted by Gasteiger charge is 2.39. The van der Waals surface area contributed by atoms with Crippen LogP contribution in [0.15, 0.2) is 24.4 Å². The molecule has 1 fully saturated rings. The first-order valence-corrected chi connectivity index (χ1v) is 11.1. The highest BCUT2D eigenvalue weighted by Crippen LogP contribution is 2.37. The van der Waals surface area contributed by atoms with Gasteiger partial charge in [-0.2, -0.15) is 0 Å². The maximum atomic E-state index is 12.6. The molecule has 0 aromatic carbocycles. The lowest BCUT2D eigenvalue weighted by molar-refractivity contribution is 0.0981. The molecule has 1 amide bonds. The van der Waals surface area contributed by atoms with Crippen molar-refractivity contribution in [1.29, 1.82) is 0 Å². The number of amides is 1. The Balaban J connectivity index is 1.99. The average Bonchev–Trinajstić information content (AvgIpc) is 3.22. The average molecular weight is 436 g/mol. The summed E-state index contributed by atoms with van der Waals surface area (Å²) in [5, 5.41) is 4.42. The molecule has 3 rings (SSSR count). The Labute approximate surface area is 179 Å². The van der Waals surface area contributed by atoms with Crippen LogP contribution in [0.1, 0.15) is 51.4 Å². The van der Waals surface area contributed by atoms with Crippen molar-refractivity contribution in [1.82, 2.24) is 19.5 Å². The number of hydrogen-bond donors (Lipinski definition) is 2. The molecule has 2 atom stereocenters. The van der Waals surface area contributed by atoms with Crippen LogP contribution in [0.4, 0.5) is 5.82 Å². The minimum atomic E-state index is -2.46. The lowest BCUT2D eigenvalue weighted by Crippen LogP contribution is -2.40. The van der Waals surface area contributed by atoms with Crippen LogP contribution in [-0.4, -0.2) is 48.1 Å². The third-order valence-corrected chi connectivity index (χ3v) is 5.34. The van der Waals surface area contributed by atoms with E-state index in [9.17, 15) is 9.00 Å². The van der Waals surface area contributed by atoms with Crippen LogP contribution in [0.3, 0.4) is 0 Å². The molecule has 164 valence electrons. The van der Waals surface area contributed by atoms with Gasteiger partial charge in [-0.1, -0.05) is 20.8 Å². The fourth-order valence-corrected chi connectivity index (χ4v) is 4.08. The topological polar surface area (TPSA) is 110 Å². The van der Waals surface area contributed by atoms with Gasteiger partial charge < -0.3 is 9.64 Å². The SMILES string of the molecule is CC(C)COc1ccn(-c2ccc(C(=O)NS(=O)O)c(N3C[C@@H](C)CC3(C)C)n2)n1. The molecule has 9 nitrogen and oxygen atoms in total. The second-order valence-electron chi connectivity index (χ2n) is 8.76. The Hall–Kier alpha value is -2.46. The number of ether oxygens (including phenoxy) is 1. The van der Waals surface area contributed by atoms with E-state index in [4.69, 9.17) is 14.3 Å². The molecule has 2 aromatic heterocycles. The van der Waals surface area contributed by atoms with Gasteiger partial charge in [0.2, 0.25) is 5.88 Å². The highest BCUT2D eigenvalue weighted by molar-refractivity contribution is 7.77. The summed E-state index contributed by atoms with van der Waals surface area (Å²) in [6.07, 6.45) is 2.70. The van der Waals surface area contributed by atoms with E-state index in [1.807, 2.05) is 4.72 Å². The van der Waals surface area contributed by atoms with Gasteiger partial charge in [0.1, 0.15) is 5.82 Å². The van der Waals surface area contributed by atoms with Gasteiger partial charge in [0.15, 0.2) is 5.82 Å². The van der Waals surface area contributed by atoms with Gasteiger partial charge in [-0.05, 0) is 44.2 Å². The molecule has 0 bridgehead atoms. The van der Waals surface area contributed by atoms with E-state index in [0.29, 0.717) is 36.0 Å². The molecule has 0 aliphatic carbocycles. The van der Waals surface area contributed by atoms with E-state index in [0.717, 1.165) is 13.0 Å². The van der Waals surface area contributed by atoms with Crippen LogP contribution in [0.2, 0.25) is 0 Å². The second-order valence-corrected chi connectivity index (χ2v) is 9.46. The summed E-state index contributed by atoms with van der Waals surface area (Å²) in [5.41, 5.74) is 0.0282. The Morgan fingerprint density at radius 3 is 2.73 bits per heavy atom. The molecule has 1 aliphatic heterocycles. The Bertz CT molecular complexity index is 943. The van der Waals surface area contributed by atoms with Gasteiger partial charge in [-0.15, -0.1) is 5.10 Å². The van der Waals surface area contributed by atoms with Crippen LogP contribution >= 0.6 is 0 Å². The quantitative estimate of drug-likeness (QED) is 0.644. The minimum Gasteiger partial charge on any atom is -0.476 e. The monoisotopic (exact) mass is 435 g/mol. The zero-order valence-electron chi connectivity index (χ0n) is 18.0. The van der Waals surface area contributed by atoms with Crippen LogP contribution in [0, 0.1) is 11.8 Å². The summed E-state index contributed by atoms with van der Waals surface area (Å²) in [4.78, 5) is 19.4. The Kier molecular flexibility index (Phi) is 6.47. The number of nitrogens with zero attached hydrogens (tertiary/aromatic N) is 4. The Morgan fingerprint density at radius 2 is 2.13 bits per heavy atom. The number of carbonyl (C=O) groups excluding carboxylic acids is 1. The predicted molar refractivity (Wildman–Crippen MR) is 115 cm³/mol. The molecule has 0 radical (unpaired) electrons. The summed E-state index contributed by atoms with van der Waals surface area (Å²) in [7, 11) is 0. The summed E-state index contributed by atoms with van der Waals surface area (Å²) < 4.78 is 29.5. The lowest BCUT2D eigenvalue weighted by atomic mass is 9.97. The summed E-state index contributed by atoms with van der Waals surface area (Å²) in [6.45, 7) is 11.8. The second kappa shape index (κ2) is 8.73. The van der Waals surface area contributed by atoms with E-state index in [2.05, 4.69) is 44.6 Å². The van der Waals surface area contributed by atoms with Crippen LogP contribution in [0.25, 0.3) is 5.82 Å². The molecule has 0 spiro atoms. The number of rotatable bonds is 7. The van der Waals surface area contributed by atoms with E-state index in [1.165, 1.54) is 0 Å². The van der Waals surface area contributed by atoms with Gasteiger partial charge in [-0.3, -0.25) is 9.35 Å². The van der Waals surface area contributed by atoms with Crippen molar-refractivity contribution in [2.24, 2.45) is 11.8 Å². The maximum absolute atomic E-state index is 12.6. The van der Waals surface area contributed by atoms with E-state index in [-0.39, 0.29) is 11.1 Å². The van der Waals surface area contributed by atoms with Crippen molar-refractivity contribution in [2.75, 3.05) is 18.1 Å². The third-order valence-electron chi connectivity index (χ3n) is 4.98. The minimum absolute atomic E-state index is 0.214. The van der Waals surface area contributed by atoms with Crippen LogP contribution < -0.4 is 14.4 Å². The van der Waals surface area contributed by atoms with Crippen molar-refractivity contribution in [3.63, 3.8) is 0 Å². The molecule has 3 heterocycles. The number of carbonyl (C=O) groups is 1. The lowest BCUT2D eigenvalue weighted by Gasteiger charge is -2.33. The summed E-state index contributed by atoms with van der Waals surface area (Å²) >= 11 is -2.46. The van der Waals surface area contributed by atoms with Crippen LogP contribution in [0.5, 0.6) is 5.88 Å².